The summed E-state index contributed by atoms with van der Waals surface area (Å²) in [6.45, 7) is 0. The fraction of sp³-hybridized carbons (Fsp3) is 0. The van der Waals surface area contributed by atoms with Crippen LogP contribution in [0.25, 0.3) is 0 Å². The summed E-state index contributed by atoms with van der Waals surface area (Å²) in [5.41, 5.74) is 2.65. The van der Waals surface area contributed by atoms with Crippen LogP contribution in [0.4, 0.5) is 10.1 Å². The number of nitrogens with zero attached hydrogens (tertiary/aromatic N) is 1. The predicted octanol–water partition coefficient (Wildman–Crippen LogP) is 0.983. The smallest absolute Gasteiger partial charge is 0.147 e. The van der Waals surface area contributed by atoms with Gasteiger partial charge in [-0.05, 0) is 18.2 Å². The Morgan fingerprint density at radius 1 is 1.55 bits per heavy atom. The Morgan fingerprint density at radius 2 is 2.27 bits per heavy atom. The highest BCUT2D eigenvalue weighted by Gasteiger charge is 1.99. The number of rotatable bonds is 1. The molecule has 0 aliphatic heterocycles. The average Bonchev–Trinajstić information content (AvgIpc) is 2.05. The van der Waals surface area contributed by atoms with Crippen molar-refractivity contribution in [2.24, 2.45) is 5.84 Å². The Hall–Kier alpha value is -1.60. The van der Waals surface area contributed by atoms with Gasteiger partial charge in [0.2, 0.25) is 0 Å². The SMILES string of the molecule is N#Cc1ccc(F)c(NN)c1. The van der Waals surface area contributed by atoms with E-state index >= 15 is 0 Å². The molecule has 1 aromatic carbocycles. The molecule has 4 heteroatoms. The summed E-state index contributed by atoms with van der Waals surface area (Å²) in [5, 5.41) is 8.41. The van der Waals surface area contributed by atoms with Gasteiger partial charge >= 0.3 is 0 Å². The molecule has 0 aliphatic carbocycles. The Bertz CT molecular complexity index is 303. The summed E-state index contributed by atoms with van der Waals surface area (Å²) < 4.78 is 12.7. The topological polar surface area (TPSA) is 61.8 Å². The normalized spacial score (nSPS) is 8.82. The summed E-state index contributed by atoms with van der Waals surface area (Å²) in [7, 11) is 0. The van der Waals surface area contributed by atoms with Gasteiger partial charge in [0.05, 0.1) is 17.3 Å². The van der Waals surface area contributed by atoms with Crippen molar-refractivity contribution in [2.45, 2.75) is 0 Å². The first-order chi connectivity index (χ1) is 5.27. The molecule has 56 valence electrons. The molecule has 1 rings (SSSR count). The Kier molecular flexibility index (Phi) is 2.04. The van der Waals surface area contributed by atoms with Crippen LogP contribution in [0.5, 0.6) is 0 Å². The van der Waals surface area contributed by atoms with E-state index in [1.807, 2.05) is 6.07 Å². The zero-order valence-electron chi connectivity index (χ0n) is 5.63. The van der Waals surface area contributed by atoms with Gasteiger partial charge < -0.3 is 5.43 Å². The molecule has 0 heterocycles. The number of hydrazine groups is 1. The van der Waals surface area contributed by atoms with E-state index in [4.69, 9.17) is 11.1 Å². The number of halogens is 1. The quantitative estimate of drug-likeness (QED) is 0.464. The summed E-state index contributed by atoms with van der Waals surface area (Å²) in [6.07, 6.45) is 0. The summed E-state index contributed by atoms with van der Waals surface area (Å²) in [5.74, 6) is 4.51. The molecular formula is C7H6FN3. The van der Waals surface area contributed by atoms with Crippen LogP contribution in [0.3, 0.4) is 0 Å². The lowest BCUT2D eigenvalue weighted by atomic mass is 10.2. The van der Waals surface area contributed by atoms with E-state index < -0.39 is 5.82 Å². The van der Waals surface area contributed by atoms with Crippen LogP contribution >= 0.6 is 0 Å². The van der Waals surface area contributed by atoms with E-state index in [1.165, 1.54) is 18.2 Å². The maximum absolute atomic E-state index is 12.7. The van der Waals surface area contributed by atoms with Crippen molar-refractivity contribution >= 4 is 5.69 Å². The number of nitrogen functional groups attached to an aromatic ring is 1. The molecule has 0 aliphatic rings. The van der Waals surface area contributed by atoms with Gasteiger partial charge in [-0.15, -0.1) is 0 Å². The van der Waals surface area contributed by atoms with Crippen molar-refractivity contribution < 1.29 is 4.39 Å². The highest BCUT2D eigenvalue weighted by atomic mass is 19.1. The van der Waals surface area contributed by atoms with Gasteiger partial charge in [-0.2, -0.15) is 5.26 Å². The highest BCUT2D eigenvalue weighted by molar-refractivity contribution is 5.49. The highest BCUT2D eigenvalue weighted by Crippen LogP contribution is 2.13. The molecule has 0 bridgehead atoms. The van der Waals surface area contributed by atoms with Crippen LogP contribution in [0, 0.1) is 17.1 Å². The molecule has 3 nitrogen and oxygen atoms in total. The lowest BCUT2D eigenvalue weighted by molar-refractivity contribution is 0.630. The molecule has 0 unspecified atom stereocenters. The van der Waals surface area contributed by atoms with E-state index in [2.05, 4.69) is 5.43 Å². The van der Waals surface area contributed by atoms with Crippen molar-refractivity contribution in [3.63, 3.8) is 0 Å². The summed E-state index contributed by atoms with van der Waals surface area (Å²) >= 11 is 0. The van der Waals surface area contributed by atoms with Crippen molar-refractivity contribution in [1.29, 1.82) is 5.26 Å². The van der Waals surface area contributed by atoms with Gasteiger partial charge in [0.25, 0.3) is 0 Å². The average molecular weight is 151 g/mol. The van der Waals surface area contributed by atoms with Crippen molar-refractivity contribution in [1.82, 2.24) is 0 Å². The van der Waals surface area contributed by atoms with E-state index in [0.29, 0.717) is 5.56 Å². The van der Waals surface area contributed by atoms with Crippen molar-refractivity contribution in [2.75, 3.05) is 5.43 Å². The van der Waals surface area contributed by atoms with Crippen LogP contribution in [0.15, 0.2) is 18.2 Å². The molecule has 0 aromatic heterocycles. The third-order valence-corrected chi connectivity index (χ3v) is 1.25. The van der Waals surface area contributed by atoms with Crippen molar-refractivity contribution in [3.8, 4) is 6.07 Å². The largest absolute Gasteiger partial charge is 0.321 e. The lowest BCUT2D eigenvalue weighted by Gasteiger charge is -2.00. The first-order valence-corrected chi connectivity index (χ1v) is 2.94. The first kappa shape index (κ1) is 7.51. The molecule has 1 aromatic rings. The Balaban J connectivity index is 3.15. The minimum atomic E-state index is -0.466. The zero-order valence-corrected chi connectivity index (χ0v) is 5.63. The number of anilines is 1. The van der Waals surface area contributed by atoms with Crippen LogP contribution in [-0.2, 0) is 0 Å². The van der Waals surface area contributed by atoms with E-state index in [9.17, 15) is 4.39 Å². The third kappa shape index (κ3) is 1.45. The maximum Gasteiger partial charge on any atom is 0.147 e. The van der Waals surface area contributed by atoms with Gasteiger partial charge in [0, 0.05) is 0 Å². The number of nitrogens with two attached hydrogens (primary N) is 1. The number of benzene rings is 1. The molecule has 3 N–H and O–H groups in total. The number of hydrogen-bond donors (Lipinski definition) is 2. The number of nitrogens with one attached hydrogen (secondary N) is 1. The molecule has 0 saturated carbocycles. The molecule has 0 atom stereocenters. The van der Waals surface area contributed by atoms with Gasteiger partial charge in [0.15, 0.2) is 0 Å². The minimum Gasteiger partial charge on any atom is -0.321 e. The van der Waals surface area contributed by atoms with E-state index in [0.717, 1.165) is 0 Å². The summed E-state index contributed by atoms with van der Waals surface area (Å²) in [6, 6.07) is 5.78. The molecule has 0 amide bonds. The second kappa shape index (κ2) is 2.99. The molecule has 11 heavy (non-hydrogen) atoms. The van der Waals surface area contributed by atoms with E-state index in [1.54, 1.807) is 0 Å². The summed E-state index contributed by atoms with van der Waals surface area (Å²) in [4.78, 5) is 0. The molecular weight excluding hydrogens is 145 g/mol. The number of hydrogen-bond acceptors (Lipinski definition) is 3. The second-order valence-corrected chi connectivity index (χ2v) is 1.95. The van der Waals surface area contributed by atoms with Crippen LogP contribution in [0.2, 0.25) is 0 Å². The van der Waals surface area contributed by atoms with Crippen LogP contribution in [-0.4, -0.2) is 0 Å². The maximum atomic E-state index is 12.7. The van der Waals surface area contributed by atoms with Gasteiger partial charge in [-0.25, -0.2) is 4.39 Å². The van der Waals surface area contributed by atoms with Gasteiger partial charge in [-0.3, -0.25) is 5.84 Å². The second-order valence-electron chi connectivity index (χ2n) is 1.95. The Morgan fingerprint density at radius 3 is 2.82 bits per heavy atom. The van der Waals surface area contributed by atoms with Crippen LogP contribution < -0.4 is 11.3 Å². The molecule has 0 fully saturated rings. The van der Waals surface area contributed by atoms with Gasteiger partial charge in [-0.1, -0.05) is 0 Å². The lowest BCUT2D eigenvalue weighted by Crippen LogP contribution is -2.08. The van der Waals surface area contributed by atoms with E-state index in [-0.39, 0.29) is 5.69 Å². The first-order valence-electron chi connectivity index (χ1n) is 2.94. The third-order valence-electron chi connectivity index (χ3n) is 1.25. The number of nitriles is 1. The monoisotopic (exact) mass is 151 g/mol. The van der Waals surface area contributed by atoms with Crippen molar-refractivity contribution in [3.05, 3.63) is 29.6 Å². The standard InChI is InChI=1S/C7H6FN3/c8-6-2-1-5(4-9)3-7(6)11-10/h1-3,11H,10H2. The fourth-order valence-corrected chi connectivity index (χ4v) is 0.705. The molecule has 0 saturated heterocycles. The molecule has 0 radical (unpaired) electrons. The molecule has 0 spiro atoms. The minimum absolute atomic E-state index is 0.129. The van der Waals surface area contributed by atoms with Crippen LogP contribution in [0.1, 0.15) is 5.56 Å². The fourth-order valence-electron chi connectivity index (χ4n) is 0.705. The van der Waals surface area contributed by atoms with Gasteiger partial charge in [0.1, 0.15) is 5.82 Å². The predicted molar refractivity (Wildman–Crippen MR) is 38.9 cm³/mol. The zero-order chi connectivity index (χ0) is 8.27. The Labute approximate surface area is 63.2 Å².